The topological polar surface area (TPSA) is 71.1 Å². The van der Waals surface area contributed by atoms with Gasteiger partial charge in [-0.15, -0.1) is 14.3 Å². The van der Waals surface area contributed by atoms with Crippen molar-refractivity contribution in [3.63, 3.8) is 0 Å². The fraction of sp³-hybridized carbons (Fsp3) is 0.769. The molecule has 0 spiro atoms. The van der Waals surface area contributed by atoms with E-state index in [9.17, 15) is 9.59 Å². The summed E-state index contributed by atoms with van der Waals surface area (Å²) in [5.41, 5.74) is -0.482. The Kier molecular flexibility index (Phi) is 11.8. The van der Waals surface area contributed by atoms with Crippen LogP contribution in [0.5, 0.6) is 0 Å². The molecule has 0 bridgehead atoms. The third-order valence-electron chi connectivity index (χ3n) is 6.54. The number of hydrogen-bond donors (Lipinski definition) is 0. The molecule has 9 heteroatoms. The molecule has 0 aliphatic heterocycles. The summed E-state index contributed by atoms with van der Waals surface area (Å²) in [5, 5.41) is 0. The molecule has 0 aromatic heterocycles. The Balaban J connectivity index is 5.08. The molecule has 0 saturated carbocycles. The predicted octanol–water partition coefficient (Wildman–Crippen LogP) is 3.57. The van der Waals surface area contributed by atoms with Gasteiger partial charge in [0.15, 0.2) is 0 Å². The molecule has 0 N–H and O–H groups in total. The minimum atomic E-state index is -0.702. The number of carbonyl (C=O) groups excluding carboxylic acids is 2. The molecule has 204 valence electrons. The zero-order valence-electron chi connectivity index (χ0n) is 24.4. The van der Waals surface area contributed by atoms with Crippen LogP contribution in [0.3, 0.4) is 0 Å². The number of esters is 2. The number of nitrogens with zero attached hydrogens (tertiary/aromatic N) is 3. The largest absolute Gasteiger partial charge is 0.462 e. The van der Waals surface area contributed by atoms with Gasteiger partial charge < -0.3 is 9.47 Å². The molecule has 35 heavy (non-hydrogen) atoms. The summed E-state index contributed by atoms with van der Waals surface area (Å²) in [7, 11) is 12.1. The maximum absolute atomic E-state index is 11.6. The summed E-state index contributed by atoms with van der Waals surface area (Å²) < 4.78 is 11.4. The Bertz CT molecular complexity index is 769. The molecule has 0 aromatic carbocycles. The van der Waals surface area contributed by atoms with Crippen molar-refractivity contribution in [1.29, 1.82) is 0 Å². The van der Waals surface area contributed by atoms with Gasteiger partial charge in [0.25, 0.3) is 5.72 Å². The summed E-state index contributed by atoms with van der Waals surface area (Å²) in [6.45, 7) is 20.6. The van der Waals surface area contributed by atoms with Gasteiger partial charge in [0, 0.05) is 51.7 Å². The van der Waals surface area contributed by atoms with Gasteiger partial charge >= 0.3 is 11.9 Å². The zero-order chi connectivity index (χ0) is 27.9. The van der Waals surface area contributed by atoms with Gasteiger partial charge in [-0.2, -0.15) is 4.65 Å². The van der Waals surface area contributed by atoms with Gasteiger partial charge in [-0.25, -0.2) is 9.59 Å². The maximum atomic E-state index is 11.6. The van der Waals surface area contributed by atoms with Crippen molar-refractivity contribution in [2.75, 3.05) is 68.6 Å². The minimum absolute atomic E-state index is 0.151. The van der Waals surface area contributed by atoms with Crippen LogP contribution in [0.1, 0.15) is 54.4 Å². The molecule has 0 aliphatic rings. The summed E-state index contributed by atoms with van der Waals surface area (Å²) in [5.74, 6) is -0.739. The van der Waals surface area contributed by atoms with Crippen molar-refractivity contribution in [1.82, 2.24) is 0 Å². The molecule has 0 fully saturated rings. The van der Waals surface area contributed by atoms with Gasteiger partial charge in [-0.3, -0.25) is 4.48 Å². The molecule has 0 rings (SSSR count). The molecule has 9 nitrogen and oxygen atoms in total. The van der Waals surface area contributed by atoms with Gasteiger partial charge in [-0.1, -0.05) is 13.2 Å². The summed E-state index contributed by atoms with van der Waals surface area (Å²) in [6, 6.07) is 0. The van der Waals surface area contributed by atoms with Gasteiger partial charge in [0.1, 0.15) is 20.6 Å². The second-order valence-corrected chi connectivity index (χ2v) is 11.7. The van der Waals surface area contributed by atoms with E-state index in [1.807, 2.05) is 42.0 Å². The fourth-order valence-corrected chi connectivity index (χ4v) is 3.28. The second-order valence-electron chi connectivity index (χ2n) is 11.7. The first-order valence-electron chi connectivity index (χ1n) is 12.1. The molecule has 0 saturated heterocycles. The molecular weight excluding hydrogens is 450 g/mol. The fourth-order valence-electron chi connectivity index (χ4n) is 3.28. The van der Waals surface area contributed by atoms with E-state index in [0.717, 1.165) is 6.54 Å². The maximum Gasteiger partial charge on any atom is 0.333 e. The quantitative estimate of drug-likeness (QED) is 0.0803. The average molecular weight is 503 g/mol. The first-order chi connectivity index (χ1) is 15.6. The van der Waals surface area contributed by atoms with Crippen molar-refractivity contribution < 1.29 is 42.5 Å². The number of hydroxylamine groups is 6. The van der Waals surface area contributed by atoms with Crippen LogP contribution in [0, 0.1) is 0 Å². The first kappa shape index (κ1) is 33.2. The lowest BCUT2D eigenvalue weighted by Gasteiger charge is -2.50. The van der Waals surface area contributed by atoms with E-state index in [2.05, 4.69) is 41.1 Å². The highest BCUT2D eigenvalue weighted by Crippen LogP contribution is 2.33. The lowest BCUT2D eigenvalue weighted by molar-refractivity contribution is -1.22. The number of ether oxygens (including phenoxy) is 2. The molecule has 0 unspecified atom stereocenters. The van der Waals surface area contributed by atoms with Gasteiger partial charge in [-0.05, 0) is 13.8 Å². The Hall–Kier alpha value is -1.78. The Labute approximate surface area is 213 Å². The Morgan fingerprint density at radius 1 is 0.686 bits per heavy atom. The molecule has 0 amide bonds. The van der Waals surface area contributed by atoms with Crippen LogP contribution in [0.2, 0.25) is 0 Å². The number of carbonyl (C=O) groups is 2. The van der Waals surface area contributed by atoms with Gasteiger partial charge in [0.05, 0.1) is 47.9 Å². The van der Waals surface area contributed by atoms with Crippen LogP contribution in [-0.4, -0.2) is 106 Å². The monoisotopic (exact) mass is 502 g/mol. The van der Waals surface area contributed by atoms with Crippen LogP contribution in [0.15, 0.2) is 24.3 Å². The van der Waals surface area contributed by atoms with E-state index < -0.39 is 11.4 Å². The normalized spacial score (nSPS) is 13.4. The lowest BCUT2D eigenvalue weighted by atomic mass is 10.2. The van der Waals surface area contributed by atoms with Crippen molar-refractivity contribution in [2.45, 2.75) is 65.8 Å². The van der Waals surface area contributed by atoms with Crippen LogP contribution < -0.4 is 0 Å². The third-order valence-corrected chi connectivity index (χ3v) is 6.54. The highest BCUT2D eigenvalue weighted by molar-refractivity contribution is 5.87. The van der Waals surface area contributed by atoms with Crippen molar-refractivity contribution >= 4 is 11.9 Å². The molecule has 0 aliphatic carbocycles. The average Bonchev–Trinajstić information content (AvgIpc) is 2.66. The smallest absolute Gasteiger partial charge is 0.333 e. The van der Waals surface area contributed by atoms with E-state index >= 15 is 0 Å². The molecule has 0 aromatic rings. The van der Waals surface area contributed by atoms with E-state index in [1.54, 1.807) is 13.8 Å². The summed E-state index contributed by atoms with van der Waals surface area (Å²) in [6.07, 6.45) is 1.35. The van der Waals surface area contributed by atoms with Crippen molar-refractivity contribution in [2.24, 2.45) is 0 Å². The molecule has 0 heterocycles. The second kappa shape index (κ2) is 12.5. The lowest BCUT2D eigenvalue weighted by Crippen LogP contribution is -2.69. The summed E-state index contributed by atoms with van der Waals surface area (Å²) >= 11 is 0. The zero-order valence-corrected chi connectivity index (χ0v) is 24.4. The third kappa shape index (κ3) is 10.8. The van der Waals surface area contributed by atoms with E-state index in [0.29, 0.717) is 48.2 Å². The molecule has 0 radical (unpaired) electrons. The van der Waals surface area contributed by atoms with E-state index in [1.165, 1.54) is 0 Å². The van der Waals surface area contributed by atoms with Crippen LogP contribution >= 0.6 is 0 Å². The predicted molar refractivity (Wildman–Crippen MR) is 137 cm³/mol. The van der Waals surface area contributed by atoms with Crippen LogP contribution in [0.4, 0.5) is 0 Å². The minimum Gasteiger partial charge on any atom is -0.462 e. The van der Waals surface area contributed by atoms with Crippen LogP contribution in [0.25, 0.3) is 0 Å². The van der Waals surface area contributed by atoms with E-state index in [-0.39, 0.29) is 21.2 Å². The standard InChI is InChI=1S/C26H52N3O6/c1-21(2)23(30)32-19-15-17-27(9,10)25(5,6)35-29(13,14)26(7,8)34-28(11,12)18-16-20-33-24(31)22(3)4/h1,3,15-20H2,2,4-14H3/q+3. The SMILES string of the molecule is C=C(C)C(=O)OCCC[N+](C)(C)OC(C)(C)[N+](C)(C)OC(C)(C)[N+](C)(C)CCCOC(=O)C(=C)C. The Morgan fingerprint density at radius 3 is 1.49 bits per heavy atom. The molecule has 0 atom stereocenters. The highest BCUT2D eigenvalue weighted by atomic mass is 16.8. The van der Waals surface area contributed by atoms with E-state index in [4.69, 9.17) is 19.1 Å². The highest BCUT2D eigenvalue weighted by Gasteiger charge is 2.53. The number of rotatable bonds is 16. The van der Waals surface area contributed by atoms with Gasteiger partial charge in [0.2, 0.25) is 5.72 Å². The summed E-state index contributed by atoms with van der Waals surface area (Å²) in [4.78, 5) is 36.4. The first-order valence-corrected chi connectivity index (χ1v) is 12.1. The number of quaternary nitrogens is 3. The Morgan fingerprint density at radius 2 is 1.09 bits per heavy atom. The van der Waals surface area contributed by atoms with Crippen LogP contribution in [-0.2, 0) is 28.7 Å². The van der Waals surface area contributed by atoms with Crippen molar-refractivity contribution in [3.8, 4) is 0 Å². The number of hydrogen-bond acceptors (Lipinski definition) is 6. The molecular formula is C26H52N3O6+3. The van der Waals surface area contributed by atoms with Crippen molar-refractivity contribution in [3.05, 3.63) is 24.3 Å².